The van der Waals surface area contributed by atoms with Gasteiger partial charge in [0.1, 0.15) is 23.0 Å². The van der Waals surface area contributed by atoms with Crippen LogP contribution in [0.1, 0.15) is 10.4 Å². The predicted molar refractivity (Wildman–Crippen MR) is 65.1 cm³/mol. The summed E-state index contributed by atoms with van der Waals surface area (Å²) < 4.78 is 40.1. The molecule has 0 radical (unpaired) electrons. The quantitative estimate of drug-likeness (QED) is 0.821. The van der Waals surface area contributed by atoms with Crippen LogP contribution in [0.2, 0.25) is 0 Å². The molecule has 19 heavy (non-hydrogen) atoms. The summed E-state index contributed by atoms with van der Waals surface area (Å²) in [6.45, 7) is 0. The lowest BCUT2D eigenvalue weighted by atomic mass is 10.1. The van der Waals surface area contributed by atoms with Crippen LogP contribution in [0.15, 0.2) is 36.4 Å². The molecule has 2 aromatic rings. The molecular weight excluding hydrogens is 257 g/mol. The number of rotatable bonds is 2. The minimum Gasteiger partial charge on any atom is -0.399 e. The van der Waals surface area contributed by atoms with Gasteiger partial charge in [0.25, 0.3) is 5.91 Å². The van der Waals surface area contributed by atoms with E-state index in [-0.39, 0.29) is 11.4 Å². The first-order chi connectivity index (χ1) is 8.99. The standard InChI is InChI=1S/C13H9F3N2O/c14-8-5-4-7(17)6-11(8)18-13(19)12-9(15)2-1-3-10(12)16/h1-6H,17H2,(H,18,19). The highest BCUT2D eigenvalue weighted by Crippen LogP contribution is 2.20. The van der Waals surface area contributed by atoms with E-state index in [0.717, 1.165) is 30.3 Å². The summed E-state index contributed by atoms with van der Waals surface area (Å²) in [7, 11) is 0. The molecule has 98 valence electrons. The van der Waals surface area contributed by atoms with E-state index in [1.165, 1.54) is 6.07 Å². The number of anilines is 2. The van der Waals surface area contributed by atoms with E-state index in [1.807, 2.05) is 0 Å². The number of nitrogens with two attached hydrogens (primary N) is 1. The predicted octanol–water partition coefficient (Wildman–Crippen LogP) is 2.94. The van der Waals surface area contributed by atoms with Crippen LogP contribution in [0.3, 0.4) is 0 Å². The molecule has 3 N–H and O–H groups in total. The lowest BCUT2D eigenvalue weighted by Gasteiger charge is -2.08. The average Bonchev–Trinajstić information content (AvgIpc) is 2.33. The summed E-state index contributed by atoms with van der Waals surface area (Å²) in [6, 6.07) is 6.51. The van der Waals surface area contributed by atoms with E-state index in [9.17, 15) is 18.0 Å². The summed E-state index contributed by atoms with van der Waals surface area (Å²) in [6.07, 6.45) is 0. The summed E-state index contributed by atoms with van der Waals surface area (Å²) in [5.41, 5.74) is 4.63. The molecule has 0 atom stereocenters. The normalized spacial score (nSPS) is 10.3. The molecule has 2 rings (SSSR count). The Bertz CT molecular complexity index is 624. The highest BCUT2D eigenvalue weighted by atomic mass is 19.1. The van der Waals surface area contributed by atoms with Crippen LogP contribution in [0, 0.1) is 17.5 Å². The molecule has 0 bridgehead atoms. The number of carbonyl (C=O) groups is 1. The first kappa shape index (κ1) is 12.9. The smallest absolute Gasteiger partial charge is 0.261 e. The fourth-order valence-electron chi connectivity index (χ4n) is 1.54. The Kier molecular flexibility index (Phi) is 3.41. The Morgan fingerprint density at radius 2 is 1.63 bits per heavy atom. The average molecular weight is 266 g/mol. The number of benzene rings is 2. The number of carbonyl (C=O) groups excluding carboxylic acids is 1. The Morgan fingerprint density at radius 3 is 2.26 bits per heavy atom. The van der Waals surface area contributed by atoms with Gasteiger partial charge >= 0.3 is 0 Å². The van der Waals surface area contributed by atoms with Crippen LogP contribution < -0.4 is 11.1 Å². The van der Waals surface area contributed by atoms with Gasteiger partial charge in [0.05, 0.1) is 5.69 Å². The van der Waals surface area contributed by atoms with Crippen molar-refractivity contribution in [1.29, 1.82) is 0 Å². The maximum atomic E-state index is 13.4. The lowest BCUT2D eigenvalue weighted by Crippen LogP contribution is -2.16. The molecule has 0 aliphatic rings. The van der Waals surface area contributed by atoms with Crippen molar-refractivity contribution in [2.45, 2.75) is 0 Å². The van der Waals surface area contributed by atoms with E-state index in [4.69, 9.17) is 5.73 Å². The van der Waals surface area contributed by atoms with Gasteiger partial charge in [-0.15, -0.1) is 0 Å². The van der Waals surface area contributed by atoms with E-state index in [2.05, 4.69) is 5.32 Å². The number of nitrogen functional groups attached to an aromatic ring is 1. The topological polar surface area (TPSA) is 55.1 Å². The third-order valence-corrected chi connectivity index (χ3v) is 2.43. The molecule has 2 aromatic carbocycles. The SMILES string of the molecule is Nc1ccc(F)c(NC(=O)c2c(F)cccc2F)c1. The molecule has 0 heterocycles. The molecule has 0 aromatic heterocycles. The van der Waals surface area contributed by atoms with Gasteiger partial charge in [-0.25, -0.2) is 13.2 Å². The second-order valence-corrected chi connectivity index (χ2v) is 3.79. The van der Waals surface area contributed by atoms with Gasteiger partial charge in [-0.2, -0.15) is 0 Å². The van der Waals surface area contributed by atoms with Crippen molar-refractivity contribution in [3.05, 3.63) is 59.4 Å². The molecule has 0 saturated carbocycles. The maximum Gasteiger partial charge on any atom is 0.261 e. The number of hydrogen-bond donors (Lipinski definition) is 2. The number of amides is 1. The Morgan fingerprint density at radius 1 is 1.00 bits per heavy atom. The van der Waals surface area contributed by atoms with Crippen LogP contribution in [-0.2, 0) is 0 Å². The zero-order valence-electron chi connectivity index (χ0n) is 9.58. The van der Waals surface area contributed by atoms with Gasteiger partial charge in [-0.05, 0) is 30.3 Å². The third-order valence-electron chi connectivity index (χ3n) is 2.43. The minimum absolute atomic E-state index is 0.214. The number of nitrogens with one attached hydrogen (secondary N) is 1. The van der Waals surface area contributed by atoms with Crippen molar-refractivity contribution >= 4 is 17.3 Å². The number of halogens is 3. The van der Waals surface area contributed by atoms with Gasteiger partial charge in [0.2, 0.25) is 0 Å². The van der Waals surface area contributed by atoms with Crippen molar-refractivity contribution in [1.82, 2.24) is 0 Å². The van der Waals surface area contributed by atoms with Gasteiger partial charge < -0.3 is 11.1 Å². The van der Waals surface area contributed by atoms with E-state index in [1.54, 1.807) is 0 Å². The van der Waals surface area contributed by atoms with E-state index >= 15 is 0 Å². The van der Waals surface area contributed by atoms with Crippen LogP contribution in [0.25, 0.3) is 0 Å². The highest BCUT2D eigenvalue weighted by molar-refractivity contribution is 6.04. The van der Waals surface area contributed by atoms with Crippen molar-refractivity contribution < 1.29 is 18.0 Å². The lowest BCUT2D eigenvalue weighted by molar-refractivity contribution is 0.101. The number of hydrogen-bond acceptors (Lipinski definition) is 2. The molecule has 3 nitrogen and oxygen atoms in total. The highest BCUT2D eigenvalue weighted by Gasteiger charge is 2.18. The Hall–Kier alpha value is -2.50. The summed E-state index contributed by atoms with van der Waals surface area (Å²) >= 11 is 0. The second kappa shape index (κ2) is 5.01. The fourth-order valence-corrected chi connectivity index (χ4v) is 1.54. The van der Waals surface area contributed by atoms with E-state index < -0.39 is 28.9 Å². The molecule has 6 heteroatoms. The molecule has 0 fully saturated rings. The molecule has 0 spiro atoms. The monoisotopic (exact) mass is 266 g/mol. The first-order valence-electron chi connectivity index (χ1n) is 5.29. The van der Waals surface area contributed by atoms with Crippen molar-refractivity contribution in [3.8, 4) is 0 Å². The van der Waals surface area contributed by atoms with Crippen molar-refractivity contribution in [2.75, 3.05) is 11.1 Å². The van der Waals surface area contributed by atoms with Gasteiger partial charge in [0.15, 0.2) is 0 Å². The second-order valence-electron chi connectivity index (χ2n) is 3.79. The first-order valence-corrected chi connectivity index (χ1v) is 5.29. The van der Waals surface area contributed by atoms with Crippen molar-refractivity contribution in [3.63, 3.8) is 0 Å². The van der Waals surface area contributed by atoms with Gasteiger partial charge in [0, 0.05) is 5.69 Å². The van der Waals surface area contributed by atoms with E-state index in [0.29, 0.717) is 0 Å². The molecule has 0 saturated heterocycles. The zero-order valence-corrected chi connectivity index (χ0v) is 9.58. The third kappa shape index (κ3) is 2.67. The molecule has 0 aliphatic carbocycles. The Labute approximate surface area is 106 Å². The molecule has 1 amide bonds. The largest absolute Gasteiger partial charge is 0.399 e. The summed E-state index contributed by atoms with van der Waals surface area (Å²) in [5.74, 6) is -3.89. The summed E-state index contributed by atoms with van der Waals surface area (Å²) in [4.78, 5) is 11.7. The van der Waals surface area contributed by atoms with Crippen LogP contribution in [0.4, 0.5) is 24.5 Å². The minimum atomic E-state index is -1.08. The van der Waals surface area contributed by atoms with Crippen LogP contribution in [0.5, 0.6) is 0 Å². The van der Waals surface area contributed by atoms with Crippen LogP contribution >= 0.6 is 0 Å². The maximum absolute atomic E-state index is 13.4. The zero-order chi connectivity index (χ0) is 14.0. The van der Waals surface area contributed by atoms with Gasteiger partial charge in [-0.1, -0.05) is 6.07 Å². The molecule has 0 aliphatic heterocycles. The van der Waals surface area contributed by atoms with Gasteiger partial charge in [-0.3, -0.25) is 4.79 Å². The van der Waals surface area contributed by atoms with Crippen molar-refractivity contribution in [2.24, 2.45) is 0 Å². The van der Waals surface area contributed by atoms with Crippen LogP contribution in [-0.4, -0.2) is 5.91 Å². The molecular formula is C13H9F3N2O. The molecule has 0 unspecified atom stereocenters. The fraction of sp³-hybridized carbons (Fsp3) is 0. The summed E-state index contributed by atoms with van der Waals surface area (Å²) in [5, 5.41) is 2.08. The Balaban J connectivity index is 2.34.